The van der Waals surface area contributed by atoms with Crippen LogP contribution in [0.2, 0.25) is 0 Å². The molecule has 0 bridgehead atoms. The van der Waals surface area contributed by atoms with Crippen molar-refractivity contribution in [2.24, 2.45) is 5.41 Å². The highest BCUT2D eigenvalue weighted by atomic mass is 16.5. The van der Waals surface area contributed by atoms with E-state index in [0.717, 1.165) is 23.4 Å². The molecule has 1 aromatic carbocycles. The van der Waals surface area contributed by atoms with Crippen molar-refractivity contribution in [1.29, 1.82) is 0 Å². The van der Waals surface area contributed by atoms with Crippen LogP contribution in [-0.4, -0.2) is 44.6 Å². The maximum absolute atomic E-state index is 11.9. The third kappa shape index (κ3) is 6.17. The Bertz CT molecular complexity index is 461. The first-order chi connectivity index (χ1) is 9.71. The number of nitrogens with one attached hydrogen (secondary N) is 1. The summed E-state index contributed by atoms with van der Waals surface area (Å²) in [5, 5.41) is 2.95. The van der Waals surface area contributed by atoms with Gasteiger partial charge in [0.15, 0.2) is 6.61 Å². The van der Waals surface area contributed by atoms with E-state index in [1.807, 2.05) is 46.1 Å². The molecule has 1 amide bonds. The molecular weight excluding hydrogens is 264 g/mol. The van der Waals surface area contributed by atoms with Gasteiger partial charge in [-0.15, -0.1) is 0 Å². The predicted octanol–water partition coefficient (Wildman–Crippen LogP) is 2.39. The summed E-state index contributed by atoms with van der Waals surface area (Å²) in [6, 6.07) is 5.96. The lowest BCUT2D eigenvalue weighted by molar-refractivity contribution is -0.123. The number of ether oxygens (including phenoxy) is 1. The minimum absolute atomic E-state index is 0.0394. The van der Waals surface area contributed by atoms with Gasteiger partial charge in [0, 0.05) is 13.1 Å². The van der Waals surface area contributed by atoms with Crippen LogP contribution in [0.3, 0.4) is 0 Å². The molecule has 0 unspecified atom stereocenters. The Morgan fingerprint density at radius 2 is 1.81 bits per heavy atom. The van der Waals surface area contributed by atoms with Crippen molar-refractivity contribution in [2.75, 3.05) is 33.8 Å². The number of nitrogens with zero attached hydrogens (tertiary/aromatic N) is 1. The first-order valence-electron chi connectivity index (χ1n) is 7.32. The highest BCUT2D eigenvalue weighted by Gasteiger charge is 2.20. The fourth-order valence-electron chi connectivity index (χ4n) is 2.47. The monoisotopic (exact) mass is 292 g/mol. The topological polar surface area (TPSA) is 41.6 Å². The van der Waals surface area contributed by atoms with Crippen molar-refractivity contribution >= 4 is 5.91 Å². The number of carbonyl (C=O) groups is 1. The van der Waals surface area contributed by atoms with Gasteiger partial charge in [0.25, 0.3) is 5.91 Å². The smallest absolute Gasteiger partial charge is 0.257 e. The van der Waals surface area contributed by atoms with E-state index in [9.17, 15) is 4.79 Å². The number of hydrogen-bond donors (Lipinski definition) is 1. The maximum Gasteiger partial charge on any atom is 0.257 e. The number of rotatable bonds is 7. The van der Waals surface area contributed by atoms with Gasteiger partial charge in [-0.25, -0.2) is 0 Å². The van der Waals surface area contributed by atoms with Crippen molar-refractivity contribution in [2.45, 2.75) is 27.7 Å². The van der Waals surface area contributed by atoms with Crippen LogP contribution in [0.4, 0.5) is 0 Å². The molecular formula is C17H28N2O2. The van der Waals surface area contributed by atoms with Gasteiger partial charge in [0.1, 0.15) is 5.75 Å². The van der Waals surface area contributed by atoms with E-state index in [1.54, 1.807) is 0 Å². The van der Waals surface area contributed by atoms with Gasteiger partial charge in [0.05, 0.1) is 0 Å². The van der Waals surface area contributed by atoms with Crippen LogP contribution >= 0.6 is 0 Å². The molecule has 0 radical (unpaired) electrons. The number of aryl methyl sites for hydroxylation is 2. The molecule has 0 heterocycles. The lowest BCUT2D eigenvalue weighted by Gasteiger charge is -2.28. The van der Waals surface area contributed by atoms with Crippen LogP contribution in [0.5, 0.6) is 5.75 Å². The van der Waals surface area contributed by atoms with Gasteiger partial charge in [-0.1, -0.05) is 32.0 Å². The largest absolute Gasteiger partial charge is 0.483 e. The summed E-state index contributed by atoms with van der Waals surface area (Å²) in [5.74, 6) is 0.727. The van der Waals surface area contributed by atoms with E-state index in [4.69, 9.17) is 4.74 Å². The third-order valence-corrected chi connectivity index (χ3v) is 3.26. The van der Waals surface area contributed by atoms with E-state index in [2.05, 4.69) is 24.1 Å². The van der Waals surface area contributed by atoms with Gasteiger partial charge >= 0.3 is 0 Å². The number of para-hydroxylation sites is 1. The highest BCUT2D eigenvalue weighted by molar-refractivity contribution is 5.77. The van der Waals surface area contributed by atoms with Gasteiger partial charge in [0.2, 0.25) is 0 Å². The zero-order chi connectivity index (χ0) is 16.0. The van der Waals surface area contributed by atoms with Gasteiger partial charge in [-0.2, -0.15) is 0 Å². The molecule has 0 saturated heterocycles. The lowest BCUT2D eigenvalue weighted by atomic mass is 9.93. The van der Waals surface area contributed by atoms with Gasteiger partial charge in [-0.3, -0.25) is 4.79 Å². The average Bonchev–Trinajstić information content (AvgIpc) is 2.34. The summed E-state index contributed by atoms with van der Waals surface area (Å²) in [6.45, 7) is 9.87. The summed E-state index contributed by atoms with van der Waals surface area (Å²) in [7, 11) is 4.07. The van der Waals surface area contributed by atoms with Crippen LogP contribution in [0.15, 0.2) is 18.2 Å². The molecule has 1 N–H and O–H groups in total. The zero-order valence-corrected chi connectivity index (χ0v) is 14.1. The van der Waals surface area contributed by atoms with Crippen LogP contribution in [0.25, 0.3) is 0 Å². The first kappa shape index (κ1) is 17.5. The number of benzene rings is 1. The van der Waals surface area contributed by atoms with Gasteiger partial charge < -0.3 is 15.0 Å². The molecule has 4 heteroatoms. The molecule has 21 heavy (non-hydrogen) atoms. The molecule has 4 nitrogen and oxygen atoms in total. The molecule has 0 aliphatic rings. The summed E-state index contributed by atoms with van der Waals surface area (Å²) in [6.07, 6.45) is 0. The second kappa shape index (κ2) is 7.46. The molecule has 0 aromatic heterocycles. The van der Waals surface area contributed by atoms with Crippen LogP contribution in [0.1, 0.15) is 25.0 Å². The standard InChI is InChI=1S/C17H28N2O2/c1-13-8-7-9-14(2)16(13)21-10-15(20)18-11-17(3,4)12-19(5)6/h7-9H,10-12H2,1-6H3,(H,18,20). The first-order valence-corrected chi connectivity index (χ1v) is 7.32. The van der Waals surface area contributed by atoms with Crippen molar-refractivity contribution in [3.63, 3.8) is 0 Å². The fourth-order valence-corrected chi connectivity index (χ4v) is 2.47. The SMILES string of the molecule is Cc1cccc(C)c1OCC(=O)NCC(C)(C)CN(C)C. The minimum Gasteiger partial charge on any atom is -0.483 e. The Morgan fingerprint density at radius 1 is 1.24 bits per heavy atom. The molecule has 0 aliphatic carbocycles. The molecule has 118 valence electrons. The number of carbonyl (C=O) groups excluding carboxylic acids is 1. The van der Waals surface area contributed by atoms with E-state index in [-0.39, 0.29) is 17.9 Å². The molecule has 0 atom stereocenters. The molecule has 0 saturated carbocycles. The second-order valence-electron chi connectivity index (χ2n) is 6.69. The van der Waals surface area contributed by atoms with Crippen molar-refractivity contribution in [1.82, 2.24) is 10.2 Å². The Labute approximate surface area is 128 Å². The quantitative estimate of drug-likeness (QED) is 0.839. The van der Waals surface area contributed by atoms with Crippen molar-refractivity contribution < 1.29 is 9.53 Å². The average molecular weight is 292 g/mol. The third-order valence-electron chi connectivity index (χ3n) is 3.26. The van der Waals surface area contributed by atoms with Crippen molar-refractivity contribution in [3.05, 3.63) is 29.3 Å². The van der Waals surface area contributed by atoms with E-state index in [0.29, 0.717) is 6.54 Å². The molecule has 0 aliphatic heterocycles. The van der Waals surface area contributed by atoms with Crippen LogP contribution < -0.4 is 10.1 Å². The Balaban J connectivity index is 2.45. The summed E-state index contributed by atoms with van der Waals surface area (Å²) >= 11 is 0. The fraction of sp³-hybridized carbons (Fsp3) is 0.588. The zero-order valence-electron chi connectivity index (χ0n) is 14.1. The van der Waals surface area contributed by atoms with E-state index >= 15 is 0 Å². The lowest BCUT2D eigenvalue weighted by Crippen LogP contribution is -2.41. The van der Waals surface area contributed by atoms with Crippen LogP contribution in [-0.2, 0) is 4.79 Å². The number of amides is 1. The second-order valence-corrected chi connectivity index (χ2v) is 6.69. The predicted molar refractivity (Wildman–Crippen MR) is 86.8 cm³/mol. The Morgan fingerprint density at radius 3 is 2.33 bits per heavy atom. The molecule has 0 spiro atoms. The number of hydrogen-bond acceptors (Lipinski definition) is 3. The van der Waals surface area contributed by atoms with E-state index in [1.165, 1.54) is 0 Å². The molecule has 1 rings (SSSR count). The Kier molecular flexibility index (Phi) is 6.21. The van der Waals surface area contributed by atoms with Gasteiger partial charge in [-0.05, 0) is 44.5 Å². The maximum atomic E-state index is 11.9. The minimum atomic E-state index is -0.0792. The normalized spacial score (nSPS) is 11.6. The van der Waals surface area contributed by atoms with Crippen molar-refractivity contribution in [3.8, 4) is 5.75 Å². The molecule has 0 fully saturated rings. The van der Waals surface area contributed by atoms with E-state index < -0.39 is 0 Å². The summed E-state index contributed by atoms with van der Waals surface area (Å²) in [5.41, 5.74) is 2.14. The Hall–Kier alpha value is -1.55. The summed E-state index contributed by atoms with van der Waals surface area (Å²) < 4.78 is 5.65. The van der Waals surface area contributed by atoms with Crippen LogP contribution in [0, 0.1) is 19.3 Å². The summed E-state index contributed by atoms with van der Waals surface area (Å²) in [4.78, 5) is 14.0. The highest BCUT2D eigenvalue weighted by Crippen LogP contribution is 2.22. The molecule has 1 aromatic rings.